The predicted octanol–water partition coefficient (Wildman–Crippen LogP) is 0.180. The van der Waals surface area contributed by atoms with Crippen molar-refractivity contribution in [2.75, 3.05) is 6.61 Å². The molecule has 0 saturated heterocycles. The largest absolute Gasteiger partial charge is 0.479 e. The molecule has 0 aliphatic heterocycles. The number of nitrogens with zero attached hydrogens (tertiary/aromatic N) is 4. The molecule has 0 spiro atoms. The highest BCUT2D eigenvalue weighted by Crippen LogP contribution is 2.20. The Hall–Kier alpha value is -2.71. The normalized spacial score (nSPS) is 10.3. The molecule has 2 aromatic heterocycles. The van der Waals surface area contributed by atoms with E-state index in [1.54, 1.807) is 0 Å². The summed E-state index contributed by atoms with van der Waals surface area (Å²) in [7, 11) is 0. The highest BCUT2D eigenvalue weighted by Gasteiger charge is 2.16. The van der Waals surface area contributed by atoms with Crippen LogP contribution in [0.5, 0.6) is 6.01 Å². The summed E-state index contributed by atoms with van der Waals surface area (Å²) in [5.41, 5.74) is -0.0369. The molecule has 0 atom stereocenters. The zero-order chi connectivity index (χ0) is 13.1. The van der Waals surface area contributed by atoms with Gasteiger partial charge in [-0.3, -0.25) is 4.98 Å². The molecule has 18 heavy (non-hydrogen) atoms. The van der Waals surface area contributed by atoms with E-state index in [9.17, 15) is 14.4 Å². The Morgan fingerprint density at radius 3 is 3.00 bits per heavy atom. The fraction of sp³-hybridized carbons (Fsp3) is 0.111. The van der Waals surface area contributed by atoms with Gasteiger partial charge in [0.15, 0.2) is 12.4 Å². The average Bonchev–Trinajstić information content (AvgIpc) is 2.69. The van der Waals surface area contributed by atoms with Gasteiger partial charge in [0.1, 0.15) is 0 Å². The van der Waals surface area contributed by atoms with Crippen LogP contribution in [0.25, 0.3) is 11.4 Å². The summed E-state index contributed by atoms with van der Waals surface area (Å²) in [6.45, 7) is -0.664. The van der Waals surface area contributed by atoms with Crippen molar-refractivity contribution >= 4 is 5.97 Å². The zero-order valence-corrected chi connectivity index (χ0v) is 8.82. The quantitative estimate of drug-likeness (QED) is 0.748. The highest BCUT2D eigenvalue weighted by atomic mass is 19.1. The van der Waals surface area contributed by atoms with Crippen LogP contribution in [0.2, 0.25) is 0 Å². The first kappa shape index (κ1) is 11.8. The number of hydrogen-bond acceptors (Lipinski definition) is 6. The second kappa shape index (κ2) is 4.65. The SMILES string of the molecule is O=C(O)COc1nc(-c2ccncc2F)n(O)n1. The van der Waals surface area contributed by atoms with E-state index < -0.39 is 18.4 Å². The first-order chi connectivity index (χ1) is 8.58. The van der Waals surface area contributed by atoms with Crippen molar-refractivity contribution < 1.29 is 24.2 Å². The molecule has 0 aliphatic carbocycles. The van der Waals surface area contributed by atoms with E-state index in [0.29, 0.717) is 4.85 Å². The third-order valence-corrected chi connectivity index (χ3v) is 1.91. The maximum absolute atomic E-state index is 13.4. The van der Waals surface area contributed by atoms with Crippen LogP contribution in [-0.2, 0) is 4.79 Å². The van der Waals surface area contributed by atoms with E-state index in [2.05, 4.69) is 19.8 Å². The maximum atomic E-state index is 13.4. The molecule has 2 heterocycles. The van der Waals surface area contributed by atoms with Gasteiger partial charge < -0.3 is 15.1 Å². The Balaban J connectivity index is 2.30. The summed E-state index contributed by atoms with van der Waals surface area (Å²) in [6, 6.07) is 0.915. The first-order valence-corrected chi connectivity index (χ1v) is 4.68. The molecule has 0 amide bonds. The molecule has 0 bridgehead atoms. The monoisotopic (exact) mass is 254 g/mol. The number of pyridine rings is 1. The topological polar surface area (TPSA) is 110 Å². The number of carbonyl (C=O) groups is 1. The molecule has 2 rings (SSSR count). The number of aliphatic carboxylic acids is 1. The molecule has 8 nitrogen and oxygen atoms in total. The van der Waals surface area contributed by atoms with Gasteiger partial charge in [-0.05, 0) is 6.07 Å². The average molecular weight is 254 g/mol. The zero-order valence-electron chi connectivity index (χ0n) is 8.82. The second-order valence-electron chi connectivity index (χ2n) is 3.15. The minimum absolute atomic E-state index is 0.0369. The van der Waals surface area contributed by atoms with Crippen LogP contribution in [0.3, 0.4) is 0 Å². The van der Waals surface area contributed by atoms with Crippen molar-refractivity contribution in [2.45, 2.75) is 0 Å². The number of carboxylic acids is 1. The van der Waals surface area contributed by atoms with Gasteiger partial charge in [0.25, 0.3) is 0 Å². The third-order valence-electron chi connectivity index (χ3n) is 1.91. The van der Waals surface area contributed by atoms with Crippen molar-refractivity contribution in [1.82, 2.24) is 19.9 Å². The summed E-state index contributed by atoms with van der Waals surface area (Å²) in [5.74, 6) is -2.14. The number of halogens is 1. The van der Waals surface area contributed by atoms with Gasteiger partial charge >= 0.3 is 12.0 Å². The molecule has 2 aromatic rings. The minimum atomic E-state index is -1.22. The standard InChI is InChI=1S/C9H7FN4O4/c10-6-3-11-2-1-5(6)8-12-9(13-14(8)17)18-4-7(15)16/h1-3,17H,4H2,(H,15,16). The molecule has 0 radical (unpaired) electrons. The molecule has 0 aliphatic rings. The smallest absolute Gasteiger partial charge is 0.341 e. The lowest BCUT2D eigenvalue weighted by Gasteiger charge is -1.98. The van der Waals surface area contributed by atoms with E-state index in [0.717, 1.165) is 6.20 Å². The van der Waals surface area contributed by atoms with Crippen LogP contribution in [0.15, 0.2) is 18.5 Å². The number of carboxylic acid groups (broad SMARTS) is 1. The fourth-order valence-electron chi connectivity index (χ4n) is 1.20. The van der Waals surface area contributed by atoms with Gasteiger partial charge in [-0.1, -0.05) is 9.94 Å². The maximum Gasteiger partial charge on any atom is 0.341 e. The molecular formula is C9H7FN4O4. The number of hydrogen-bond donors (Lipinski definition) is 2. The van der Waals surface area contributed by atoms with Crippen molar-refractivity contribution in [3.05, 3.63) is 24.3 Å². The third kappa shape index (κ3) is 2.34. The molecule has 0 aromatic carbocycles. The van der Waals surface area contributed by atoms with E-state index in [1.807, 2.05) is 0 Å². The lowest BCUT2D eigenvalue weighted by Crippen LogP contribution is -2.10. The van der Waals surface area contributed by atoms with Crippen molar-refractivity contribution in [3.8, 4) is 17.4 Å². The molecular weight excluding hydrogens is 247 g/mol. The minimum Gasteiger partial charge on any atom is -0.479 e. The van der Waals surface area contributed by atoms with Crippen LogP contribution in [-0.4, -0.2) is 42.8 Å². The lowest BCUT2D eigenvalue weighted by atomic mass is 10.2. The van der Waals surface area contributed by atoms with E-state index in [1.165, 1.54) is 12.3 Å². The van der Waals surface area contributed by atoms with Gasteiger partial charge in [-0.2, -0.15) is 4.98 Å². The number of rotatable bonds is 4. The van der Waals surface area contributed by atoms with Gasteiger partial charge in [0.05, 0.1) is 11.8 Å². The van der Waals surface area contributed by atoms with E-state index >= 15 is 0 Å². The fourth-order valence-corrected chi connectivity index (χ4v) is 1.20. The Kier molecular flexibility index (Phi) is 3.04. The van der Waals surface area contributed by atoms with Crippen molar-refractivity contribution in [2.24, 2.45) is 0 Å². The summed E-state index contributed by atoms with van der Waals surface area (Å²) < 4.78 is 18.0. The summed E-state index contributed by atoms with van der Waals surface area (Å²) >= 11 is 0. The van der Waals surface area contributed by atoms with Gasteiger partial charge in [0.2, 0.25) is 5.82 Å². The van der Waals surface area contributed by atoms with E-state index in [4.69, 9.17) is 5.11 Å². The Morgan fingerprint density at radius 2 is 2.33 bits per heavy atom. The van der Waals surface area contributed by atoms with E-state index in [-0.39, 0.29) is 17.4 Å². The lowest BCUT2D eigenvalue weighted by molar-refractivity contribution is -0.139. The first-order valence-electron chi connectivity index (χ1n) is 4.68. The van der Waals surface area contributed by atoms with Crippen molar-refractivity contribution in [3.63, 3.8) is 0 Å². The van der Waals surface area contributed by atoms with Gasteiger partial charge in [-0.25, -0.2) is 9.18 Å². The Bertz CT molecular complexity index is 586. The molecule has 9 heteroatoms. The summed E-state index contributed by atoms with van der Waals surface area (Å²) in [5, 5.41) is 21.2. The molecule has 0 fully saturated rings. The predicted molar refractivity (Wildman–Crippen MR) is 53.5 cm³/mol. The molecule has 94 valence electrons. The van der Waals surface area contributed by atoms with Crippen LogP contribution >= 0.6 is 0 Å². The summed E-state index contributed by atoms with van der Waals surface area (Å²) in [6.07, 6.45) is 2.26. The van der Waals surface area contributed by atoms with Crippen LogP contribution < -0.4 is 4.74 Å². The second-order valence-corrected chi connectivity index (χ2v) is 3.15. The van der Waals surface area contributed by atoms with Crippen LogP contribution in [0.1, 0.15) is 0 Å². The molecule has 0 unspecified atom stereocenters. The van der Waals surface area contributed by atoms with Gasteiger partial charge in [-0.15, -0.1) is 0 Å². The van der Waals surface area contributed by atoms with Crippen LogP contribution in [0, 0.1) is 5.82 Å². The Morgan fingerprint density at radius 1 is 1.56 bits per heavy atom. The molecule has 0 saturated carbocycles. The summed E-state index contributed by atoms with van der Waals surface area (Å²) in [4.78, 5) is 17.8. The molecule has 2 N–H and O–H groups in total. The number of ether oxygens (including phenoxy) is 1. The Labute approximate surface area is 99.2 Å². The van der Waals surface area contributed by atoms with Crippen molar-refractivity contribution in [1.29, 1.82) is 0 Å². The van der Waals surface area contributed by atoms with Gasteiger partial charge in [0, 0.05) is 6.20 Å². The van der Waals surface area contributed by atoms with Crippen LogP contribution in [0.4, 0.5) is 4.39 Å². The highest BCUT2D eigenvalue weighted by molar-refractivity contribution is 5.68. The number of aromatic nitrogens is 4.